The van der Waals surface area contributed by atoms with Gasteiger partial charge in [0, 0.05) is 28.6 Å². The van der Waals surface area contributed by atoms with Crippen molar-refractivity contribution in [1.29, 1.82) is 0 Å². The molecule has 0 bridgehead atoms. The van der Waals surface area contributed by atoms with Gasteiger partial charge in [0.1, 0.15) is 11.9 Å². The molecule has 2 amide bonds. The molecular formula is C21H20FN3O2S2. The molecule has 0 saturated carbocycles. The van der Waals surface area contributed by atoms with Crippen LogP contribution < -0.4 is 5.73 Å². The summed E-state index contributed by atoms with van der Waals surface area (Å²) in [6.45, 7) is 1.97. The van der Waals surface area contributed by atoms with E-state index in [1.54, 1.807) is 41.3 Å². The maximum Gasteiger partial charge on any atom is 0.254 e. The van der Waals surface area contributed by atoms with Gasteiger partial charge in [-0.1, -0.05) is 12.1 Å². The largest absolute Gasteiger partial charge is 0.368 e. The van der Waals surface area contributed by atoms with Gasteiger partial charge < -0.3 is 10.6 Å². The highest BCUT2D eigenvalue weighted by atomic mass is 32.2. The van der Waals surface area contributed by atoms with Crippen LogP contribution in [0.5, 0.6) is 0 Å². The van der Waals surface area contributed by atoms with E-state index in [-0.39, 0.29) is 5.91 Å². The van der Waals surface area contributed by atoms with Crippen LogP contribution in [0.4, 0.5) is 4.39 Å². The van der Waals surface area contributed by atoms with Crippen molar-refractivity contribution in [2.75, 3.05) is 7.05 Å². The van der Waals surface area contributed by atoms with Crippen LogP contribution >= 0.6 is 23.1 Å². The monoisotopic (exact) mass is 429 g/mol. The summed E-state index contributed by atoms with van der Waals surface area (Å²) < 4.78 is 13.6. The number of likely N-dealkylation sites (N-methyl/N-ethyl adjacent to an activating group) is 1. The van der Waals surface area contributed by atoms with Crippen LogP contribution in [0.25, 0.3) is 0 Å². The fraction of sp³-hybridized carbons (Fsp3) is 0.190. The number of benzene rings is 2. The van der Waals surface area contributed by atoms with Gasteiger partial charge in [-0.3, -0.25) is 9.59 Å². The standard InChI is InChI=1S/C21H20FN3O2S2/c1-13-24-17(11-28-13)12-29-18-8-6-14(7-9-18)21(27)25(2)19(20(23)26)15-4-3-5-16(22)10-15/h3-11,19H,12H2,1-2H3,(H2,23,26). The number of nitrogens with two attached hydrogens (primary N) is 1. The molecule has 0 aliphatic carbocycles. The topological polar surface area (TPSA) is 76.3 Å². The Balaban J connectivity index is 1.71. The van der Waals surface area contributed by atoms with Crippen LogP contribution in [0.1, 0.15) is 32.7 Å². The molecule has 1 unspecified atom stereocenters. The van der Waals surface area contributed by atoms with Crippen LogP contribution in [0.2, 0.25) is 0 Å². The number of hydrogen-bond acceptors (Lipinski definition) is 5. The van der Waals surface area contributed by atoms with Crippen molar-refractivity contribution in [3.05, 3.63) is 81.6 Å². The summed E-state index contributed by atoms with van der Waals surface area (Å²) in [4.78, 5) is 31.5. The Morgan fingerprint density at radius 2 is 1.97 bits per heavy atom. The van der Waals surface area contributed by atoms with Gasteiger partial charge >= 0.3 is 0 Å². The first-order valence-electron chi connectivity index (χ1n) is 8.81. The Morgan fingerprint density at radius 1 is 1.24 bits per heavy atom. The van der Waals surface area contributed by atoms with Crippen molar-refractivity contribution in [3.63, 3.8) is 0 Å². The van der Waals surface area contributed by atoms with Crippen LogP contribution in [-0.4, -0.2) is 28.7 Å². The summed E-state index contributed by atoms with van der Waals surface area (Å²) >= 11 is 3.25. The number of thiazole rings is 1. The van der Waals surface area contributed by atoms with E-state index >= 15 is 0 Å². The highest BCUT2D eigenvalue weighted by Gasteiger charge is 2.27. The SMILES string of the molecule is Cc1nc(CSc2ccc(C(=O)N(C)C(C(N)=O)c3cccc(F)c3)cc2)cs1. The predicted octanol–water partition coefficient (Wildman–Crippen LogP) is 4.18. The lowest BCUT2D eigenvalue weighted by molar-refractivity contribution is -0.122. The van der Waals surface area contributed by atoms with E-state index in [0.29, 0.717) is 11.1 Å². The minimum atomic E-state index is -1.06. The molecule has 0 aliphatic rings. The van der Waals surface area contributed by atoms with Crippen LogP contribution in [-0.2, 0) is 10.5 Å². The smallest absolute Gasteiger partial charge is 0.254 e. The Hall–Kier alpha value is -2.71. The van der Waals surface area contributed by atoms with Crippen molar-refractivity contribution >= 4 is 34.9 Å². The van der Waals surface area contributed by atoms with Gasteiger partial charge in [0.2, 0.25) is 5.91 Å². The minimum absolute atomic E-state index is 0.332. The third-order valence-corrected chi connectivity index (χ3v) is 6.16. The van der Waals surface area contributed by atoms with Gasteiger partial charge in [0.25, 0.3) is 5.91 Å². The average Bonchev–Trinajstić information content (AvgIpc) is 3.11. The summed E-state index contributed by atoms with van der Waals surface area (Å²) in [7, 11) is 1.48. The lowest BCUT2D eigenvalue weighted by Gasteiger charge is -2.26. The fourth-order valence-electron chi connectivity index (χ4n) is 2.90. The van der Waals surface area contributed by atoms with Crippen molar-refractivity contribution in [2.45, 2.75) is 23.6 Å². The van der Waals surface area contributed by atoms with E-state index in [2.05, 4.69) is 4.98 Å². The van der Waals surface area contributed by atoms with Gasteiger partial charge in [-0.15, -0.1) is 23.1 Å². The summed E-state index contributed by atoms with van der Waals surface area (Å²) in [6.07, 6.45) is 0. The van der Waals surface area contributed by atoms with E-state index in [4.69, 9.17) is 5.73 Å². The first kappa shape index (κ1) is 21.0. The third-order valence-electron chi connectivity index (χ3n) is 4.30. The second-order valence-corrected chi connectivity index (χ2v) is 8.56. The minimum Gasteiger partial charge on any atom is -0.368 e. The molecule has 3 aromatic rings. The predicted molar refractivity (Wildman–Crippen MR) is 113 cm³/mol. The number of nitrogens with zero attached hydrogens (tertiary/aromatic N) is 2. The molecule has 0 saturated heterocycles. The zero-order valence-corrected chi connectivity index (χ0v) is 17.6. The van der Waals surface area contributed by atoms with Gasteiger partial charge in [0.05, 0.1) is 10.7 Å². The van der Waals surface area contributed by atoms with Crippen molar-refractivity contribution < 1.29 is 14.0 Å². The van der Waals surface area contributed by atoms with E-state index in [0.717, 1.165) is 21.3 Å². The maximum atomic E-state index is 13.6. The van der Waals surface area contributed by atoms with Gasteiger partial charge in [-0.2, -0.15) is 0 Å². The highest BCUT2D eigenvalue weighted by Crippen LogP contribution is 2.26. The third kappa shape index (κ3) is 5.21. The molecule has 0 aliphatic heterocycles. The van der Waals surface area contributed by atoms with E-state index in [1.165, 1.54) is 30.1 Å². The number of carbonyl (C=O) groups excluding carboxylic acids is 2. The number of amides is 2. The molecule has 1 heterocycles. The van der Waals surface area contributed by atoms with Crippen molar-refractivity contribution in [1.82, 2.24) is 9.88 Å². The first-order valence-corrected chi connectivity index (χ1v) is 10.7. The number of rotatable bonds is 7. The molecule has 2 N–H and O–H groups in total. The average molecular weight is 430 g/mol. The Labute approximate surface area is 176 Å². The number of halogens is 1. The Kier molecular flexibility index (Phi) is 6.66. The van der Waals surface area contributed by atoms with Gasteiger partial charge in [0.15, 0.2) is 0 Å². The molecule has 3 rings (SSSR count). The van der Waals surface area contributed by atoms with E-state index in [1.807, 2.05) is 24.4 Å². The van der Waals surface area contributed by atoms with E-state index in [9.17, 15) is 14.0 Å². The quantitative estimate of drug-likeness (QED) is 0.572. The molecule has 29 heavy (non-hydrogen) atoms. The van der Waals surface area contributed by atoms with Crippen LogP contribution in [0.15, 0.2) is 58.8 Å². The van der Waals surface area contributed by atoms with Gasteiger partial charge in [-0.25, -0.2) is 9.37 Å². The fourth-order valence-corrected chi connectivity index (χ4v) is 4.41. The lowest BCUT2D eigenvalue weighted by atomic mass is 10.0. The molecule has 150 valence electrons. The Bertz CT molecular complexity index is 1020. The lowest BCUT2D eigenvalue weighted by Crippen LogP contribution is -2.39. The maximum absolute atomic E-state index is 13.6. The van der Waals surface area contributed by atoms with Crippen LogP contribution in [0, 0.1) is 12.7 Å². The molecule has 8 heteroatoms. The molecule has 0 fully saturated rings. The van der Waals surface area contributed by atoms with E-state index < -0.39 is 17.8 Å². The second-order valence-electron chi connectivity index (χ2n) is 6.45. The normalized spacial score (nSPS) is 11.8. The van der Waals surface area contributed by atoms with Gasteiger partial charge in [-0.05, 0) is 48.9 Å². The molecule has 5 nitrogen and oxygen atoms in total. The first-order chi connectivity index (χ1) is 13.8. The Morgan fingerprint density at radius 3 is 2.55 bits per heavy atom. The summed E-state index contributed by atoms with van der Waals surface area (Å²) in [6, 6.07) is 11.6. The molecule has 0 radical (unpaired) electrons. The number of aromatic nitrogens is 1. The van der Waals surface area contributed by atoms with Crippen LogP contribution in [0.3, 0.4) is 0 Å². The summed E-state index contributed by atoms with van der Waals surface area (Å²) in [5, 5.41) is 3.07. The molecule has 1 atom stereocenters. The zero-order chi connectivity index (χ0) is 21.0. The molecular weight excluding hydrogens is 409 g/mol. The number of hydrogen-bond donors (Lipinski definition) is 1. The summed E-state index contributed by atoms with van der Waals surface area (Å²) in [5.41, 5.74) is 7.27. The highest BCUT2D eigenvalue weighted by molar-refractivity contribution is 7.98. The molecule has 2 aromatic carbocycles. The molecule has 1 aromatic heterocycles. The van der Waals surface area contributed by atoms with Crippen molar-refractivity contribution in [3.8, 4) is 0 Å². The summed E-state index contributed by atoms with van der Waals surface area (Å²) in [5.74, 6) is -0.839. The number of thioether (sulfide) groups is 1. The number of aryl methyl sites for hydroxylation is 1. The number of carbonyl (C=O) groups is 2. The van der Waals surface area contributed by atoms with Crippen molar-refractivity contribution in [2.24, 2.45) is 5.73 Å². The molecule has 0 spiro atoms. The zero-order valence-electron chi connectivity index (χ0n) is 16.0. The second kappa shape index (κ2) is 9.19. The number of primary amides is 1.